The number of thioether (sulfide) groups is 1. The molecule has 7 heteroatoms. The van der Waals surface area contributed by atoms with Gasteiger partial charge in [-0.2, -0.15) is 0 Å². The topological polar surface area (TPSA) is 86.6 Å². The Balaban J connectivity index is 2.11. The minimum atomic E-state index is -0.991. The molecule has 0 saturated carbocycles. The molecular weight excluding hydrogens is 346 g/mol. The van der Waals surface area contributed by atoms with Crippen LogP contribution in [-0.2, 0) is 9.59 Å². The summed E-state index contributed by atoms with van der Waals surface area (Å²) in [6, 6.07) is 6.89. The summed E-state index contributed by atoms with van der Waals surface area (Å²) in [5.41, 5.74) is 0. The Kier molecular flexibility index (Phi) is 5.06. The average Bonchev–Trinajstić information content (AvgIpc) is 2.75. The molecule has 1 aromatic carbocycles. The fourth-order valence-corrected chi connectivity index (χ4v) is 3.81. The van der Waals surface area contributed by atoms with Gasteiger partial charge in [-0.15, -0.1) is 11.8 Å². The van der Waals surface area contributed by atoms with Crippen molar-refractivity contribution in [2.75, 3.05) is 6.54 Å². The zero-order chi connectivity index (χ0) is 14.7. The zero-order valence-electron chi connectivity index (χ0n) is 10.5. The van der Waals surface area contributed by atoms with Crippen molar-refractivity contribution in [1.82, 2.24) is 5.32 Å². The van der Waals surface area contributed by atoms with E-state index in [-0.39, 0.29) is 11.7 Å². The second-order valence-electron chi connectivity index (χ2n) is 4.60. The third-order valence-corrected chi connectivity index (χ3v) is 5.11. The van der Waals surface area contributed by atoms with Gasteiger partial charge >= 0.3 is 11.9 Å². The van der Waals surface area contributed by atoms with E-state index >= 15 is 0 Å². The number of aliphatic carboxylic acids is 2. The summed E-state index contributed by atoms with van der Waals surface area (Å²) in [5, 5.41) is 20.9. The molecule has 0 radical (unpaired) electrons. The van der Waals surface area contributed by atoms with E-state index < -0.39 is 23.9 Å². The van der Waals surface area contributed by atoms with Crippen molar-refractivity contribution in [3.63, 3.8) is 0 Å². The van der Waals surface area contributed by atoms with Gasteiger partial charge in [0, 0.05) is 27.1 Å². The van der Waals surface area contributed by atoms with Gasteiger partial charge in [0.25, 0.3) is 0 Å². The van der Waals surface area contributed by atoms with E-state index in [9.17, 15) is 9.59 Å². The highest BCUT2D eigenvalue weighted by Gasteiger charge is 2.41. The quantitative estimate of drug-likeness (QED) is 0.745. The maximum absolute atomic E-state index is 11.2. The standard InChI is InChI=1S/C13H14BrNO4S/c14-7-1-3-8(4-2-7)20-10-6-15-12(13(18)19)9(10)5-11(16)17/h1-4,9-10,12,15H,5-6H2,(H,16,17)(H,18,19)/t9-,10?,12?/m0/s1. The van der Waals surface area contributed by atoms with Crippen LogP contribution in [0.5, 0.6) is 0 Å². The molecule has 0 bridgehead atoms. The van der Waals surface area contributed by atoms with Gasteiger partial charge in [-0.25, -0.2) is 0 Å². The zero-order valence-corrected chi connectivity index (χ0v) is 12.9. The van der Waals surface area contributed by atoms with Crippen LogP contribution in [-0.4, -0.2) is 40.0 Å². The minimum absolute atomic E-state index is 0.0617. The van der Waals surface area contributed by atoms with Crippen molar-refractivity contribution < 1.29 is 19.8 Å². The lowest BCUT2D eigenvalue weighted by Crippen LogP contribution is -2.37. The van der Waals surface area contributed by atoms with E-state index in [1.54, 1.807) is 0 Å². The Morgan fingerprint density at radius 1 is 1.30 bits per heavy atom. The summed E-state index contributed by atoms with van der Waals surface area (Å²) < 4.78 is 0.969. The van der Waals surface area contributed by atoms with Crippen LogP contribution in [0.4, 0.5) is 0 Å². The van der Waals surface area contributed by atoms with Gasteiger partial charge in [-0.1, -0.05) is 15.9 Å². The minimum Gasteiger partial charge on any atom is -0.481 e. The molecule has 1 fully saturated rings. The van der Waals surface area contributed by atoms with Crippen molar-refractivity contribution in [2.45, 2.75) is 22.6 Å². The number of hydrogen-bond donors (Lipinski definition) is 3. The van der Waals surface area contributed by atoms with E-state index in [0.717, 1.165) is 9.37 Å². The molecular formula is C13H14BrNO4S. The Hall–Kier alpha value is -1.05. The van der Waals surface area contributed by atoms with E-state index in [0.29, 0.717) is 6.54 Å². The molecule has 0 amide bonds. The third kappa shape index (κ3) is 3.74. The fourth-order valence-electron chi connectivity index (χ4n) is 2.30. The highest BCUT2D eigenvalue weighted by atomic mass is 79.9. The first-order valence-corrected chi connectivity index (χ1v) is 7.75. The second kappa shape index (κ2) is 6.60. The summed E-state index contributed by atoms with van der Waals surface area (Å²) in [4.78, 5) is 23.1. The number of carbonyl (C=O) groups is 2. The number of nitrogens with one attached hydrogen (secondary N) is 1. The van der Waals surface area contributed by atoms with Gasteiger partial charge in [0.15, 0.2) is 0 Å². The van der Waals surface area contributed by atoms with Crippen molar-refractivity contribution in [1.29, 1.82) is 0 Å². The molecule has 1 aromatic rings. The molecule has 1 saturated heterocycles. The lowest BCUT2D eigenvalue weighted by atomic mass is 9.96. The highest BCUT2D eigenvalue weighted by molar-refractivity contribution is 9.10. The number of carboxylic acids is 2. The average molecular weight is 360 g/mol. The Labute approximate surface area is 128 Å². The van der Waals surface area contributed by atoms with Gasteiger partial charge in [-0.3, -0.25) is 9.59 Å². The summed E-state index contributed by atoms with van der Waals surface area (Å²) >= 11 is 4.88. The smallest absolute Gasteiger partial charge is 0.321 e. The van der Waals surface area contributed by atoms with E-state index in [1.165, 1.54) is 11.8 Å². The van der Waals surface area contributed by atoms with Crippen LogP contribution in [0.1, 0.15) is 6.42 Å². The lowest BCUT2D eigenvalue weighted by molar-refractivity contribution is -0.141. The number of halogens is 1. The summed E-state index contributed by atoms with van der Waals surface area (Å²) in [5.74, 6) is -2.37. The van der Waals surface area contributed by atoms with Crippen LogP contribution >= 0.6 is 27.7 Å². The summed E-state index contributed by atoms with van der Waals surface area (Å²) in [7, 11) is 0. The van der Waals surface area contributed by atoms with Crippen LogP contribution in [0.15, 0.2) is 33.6 Å². The Morgan fingerprint density at radius 2 is 1.95 bits per heavy atom. The second-order valence-corrected chi connectivity index (χ2v) is 6.82. The molecule has 2 unspecified atom stereocenters. The summed E-state index contributed by atoms with van der Waals surface area (Å²) in [6.45, 7) is 0.496. The molecule has 5 nitrogen and oxygen atoms in total. The van der Waals surface area contributed by atoms with Crippen molar-refractivity contribution in [3.05, 3.63) is 28.7 Å². The van der Waals surface area contributed by atoms with Gasteiger partial charge in [0.05, 0.1) is 6.42 Å². The van der Waals surface area contributed by atoms with Crippen LogP contribution < -0.4 is 5.32 Å². The lowest BCUT2D eigenvalue weighted by Gasteiger charge is -2.19. The molecule has 20 heavy (non-hydrogen) atoms. The molecule has 2 rings (SSSR count). The van der Waals surface area contributed by atoms with E-state index in [4.69, 9.17) is 10.2 Å². The molecule has 108 valence electrons. The van der Waals surface area contributed by atoms with Gasteiger partial charge in [0.1, 0.15) is 6.04 Å². The normalized spacial score (nSPS) is 25.6. The SMILES string of the molecule is O=C(O)C[C@H]1C(Sc2ccc(Br)cc2)CNC1C(=O)O. The molecule has 1 aliphatic rings. The highest BCUT2D eigenvalue weighted by Crippen LogP contribution is 2.35. The van der Waals surface area contributed by atoms with Crippen LogP contribution in [0.2, 0.25) is 0 Å². The molecule has 0 aromatic heterocycles. The Morgan fingerprint density at radius 3 is 2.50 bits per heavy atom. The predicted octanol–water partition coefficient (Wildman–Crippen LogP) is 2.06. The number of carboxylic acid groups (broad SMARTS) is 2. The number of benzene rings is 1. The van der Waals surface area contributed by atoms with E-state index in [2.05, 4.69) is 21.2 Å². The molecule has 0 aliphatic carbocycles. The van der Waals surface area contributed by atoms with Crippen molar-refractivity contribution in [3.8, 4) is 0 Å². The largest absolute Gasteiger partial charge is 0.481 e. The van der Waals surface area contributed by atoms with E-state index in [1.807, 2.05) is 24.3 Å². The predicted molar refractivity (Wildman–Crippen MR) is 79.0 cm³/mol. The molecule has 3 N–H and O–H groups in total. The van der Waals surface area contributed by atoms with Crippen LogP contribution in [0.25, 0.3) is 0 Å². The van der Waals surface area contributed by atoms with Gasteiger partial charge in [0.2, 0.25) is 0 Å². The third-order valence-electron chi connectivity index (χ3n) is 3.22. The first-order valence-electron chi connectivity index (χ1n) is 6.07. The molecule has 1 heterocycles. The first kappa shape index (κ1) is 15.3. The van der Waals surface area contributed by atoms with Gasteiger partial charge in [-0.05, 0) is 24.3 Å². The fraction of sp³-hybridized carbons (Fsp3) is 0.385. The molecule has 1 aliphatic heterocycles. The monoisotopic (exact) mass is 359 g/mol. The van der Waals surface area contributed by atoms with Gasteiger partial charge < -0.3 is 15.5 Å². The van der Waals surface area contributed by atoms with Crippen LogP contribution in [0.3, 0.4) is 0 Å². The molecule has 3 atom stereocenters. The number of hydrogen-bond acceptors (Lipinski definition) is 4. The van der Waals surface area contributed by atoms with Crippen LogP contribution in [0, 0.1) is 5.92 Å². The first-order chi connectivity index (χ1) is 9.47. The summed E-state index contributed by atoms with van der Waals surface area (Å²) in [6.07, 6.45) is -0.141. The van der Waals surface area contributed by atoms with Crippen molar-refractivity contribution >= 4 is 39.6 Å². The maximum Gasteiger partial charge on any atom is 0.321 e. The molecule has 0 spiro atoms. The Bertz CT molecular complexity index is 508. The maximum atomic E-state index is 11.2. The number of rotatable bonds is 5. The van der Waals surface area contributed by atoms with Crippen molar-refractivity contribution in [2.24, 2.45) is 5.92 Å².